The summed E-state index contributed by atoms with van der Waals surface area (Å²) in [5, 5.41) is 0. The van der Waals surface area contributed by atoms with Crippen molar-refractivity contribution in [3.8, 4) is 0 Å². The predicted molar refractivity (Wildman–Crippen MR) is 87.7 cm³/mol. The van der Waals surface area contributed by atoms with Crippen molar-refractivity contribution in [3.05, 3.63) is 25.3 Å². The fraction of sp³-hybridized carbons (Fsp3) is 0.750. The summed E-state index contributed by atoms with van der Waals surface area (Å²) in [6.07, 6.45) is 15.0. The van der Waals surface area contributed by atoms with Gasteiger partial charge in [0.15, 0.2) is 0 Å². The molecule has 0 aromatic rings. The van der Waals surface area contributed by atoms with Crippen molar-refractivity contribution in [2.75, 3.05) is 25.4 Å². The highest BCUT2D eigenvalue weighted by Gasteiger charge is 2.15. The Hall–Kier alpha value is -0.130. The van der Waals surface area contributed by atoms with Crippen LogP contribution >= 0.6 is 8.07 Å². The molecule has 0 aliphatic carbocycles. The average molecular weight is 269 g/mol. The average Bonchev–Trinajstić information content (AvgIpc) is 2.37. The smallest absolute Gasteiger partial charge is 0.0202 e. The molecular weight excluding hydrogens is 237 g/mol. The number of hydrogen-bond acceptors (Lipinski definition) is 1. The van der Waals surface area contributed by atoms with Crippen molar-refractivity contribution in [2.24, 2.45) is 0 Å². The van der Waals surface area contributed by atoms with Gasteiger partial charge in [-0.3, -0.25) is 4.67 Å². The molecule has 2 heteroatoms. The first-order chi connectivity index (χ1) is 8.79. The molecule has 0 saturated heterocycles. The Labute approximate surface area is 116 Å². The zero-order valence-corrected chi connectivity index (χ0v) is 13.4. The van der Waals surface area contributed by atoms with E-state index in [2.05, 4.69) is 31.7 Å². The molecule has 18 heavy (non-hydrogen) atoms. The van der Waals surface area contributed by atoms with Gasteiger partial charge in [-0.1, -0.05) is 51.7 Å². The minimum absolute atomic E-state index is 0.0318. The molecule has 0 amide bonds. The van der Waals surface area contributed by atoms with Gasteiger partial charge in [-0.2, -0.15) is 0 Å². The van der Waals surface area contributed by atoms with E-state index < -0.39 is 0 Å². The molecule has 0 aliphatic heterocycles. The van der Waals surface area contributed by atoms with Crippen LogP contribution in [0.25, 0.3) is 0 Å². The molecule has 0 aliphatic rings. The van der Waals surface area contributed by atoms with Crippen molar-refractivity contribution in [3.63, 3.8) is 0 Å². The van der Waals surface area contributed by atoms with E-state index in [4.69, 9.17) is 0 Å². The van der Waals surface area contributed by atoms with Gasteiger partial charge >= 0.3 is 0 Å². The van der Waals surface area contributed by atoms with Gasteiger partial charge in [-0.25, -0.2) is 0 Å². The Bertz CT molecular complexity index is 183. The first kappa shape index (κ1) is 17.9. The van der Waals surface area contributed by atoms with Crippen molar-refractivity contribution in [1.29, 1.82) is 0 Å². The number of rotatable bonds is 13. The van der Waals surface area contributed by atoms with Crippen LogP contribution in [-0.4, -0.2) is 30.1 Å². The second-order valence-corrected chi connectivity index (χ2v) is 7.29. The summed E-state index contributed by atoms with van der Waals surface area (Å²) in [4.78, 5) is 0. The standard InChI is InChI=1S/C16H32NP/c1-5-9-11-15-18(16-12-10-6-2)17(13-7-3)14-8-4/h7-8H,3-6,9-16H2,1-2H3. The molecule has 0 unspecified atom stereocenters. The van der Waals surface area contributed by atoms with Gasteiger partial charge in [0.05, 0.1) is 0 Å². The molecule has 0 rings (SSSR count). The van der Waals surface area contributed by atoms with E-state index in [1.807, 2.05) is 12.2 Å². The molecule has 0 bridgehead atoms. The number of hydrogen-bond donors (Lipinski definition) is 0. The molecule has 0 fully saturated rings. The lowest BCUT2D eigenvalue weighted by atomic mass is 10.3. The van der Waals surface area contributed by atoms with Crippen molar-refractivity contribution in [1.82, 2.24) is 4.67 Å². The normalized spacial score (nSPS) is 11.1. The van der Waals surface area contributed by atoms with E-state index in [1.54, 1.807) is 0 Å². The summed E-state index contributed by atoms with van der Waals surface area (Å²) < 4.78 is 2.60. The molecule has 0 saturated carbocycles. The summed E-state index contributed by atoms with van der Waals surface area (Å²) in [5.41, 5.74) is 0. The number of nitrogens with zero attached hydrogens (tertiary/aromatic N) is 1. The van der Waals surface area contributed by atoms with Gasteiger partial charge in [0.1, 0.15) is 0 Å². The van der Waals surface area contributed by atoms with Crippen LogP contribution in [0, 0.1) is 0 Å². The molecule has 0 spiro atoms. The minimum atomic E-state index is 0.0318. The Morgan fingerprint density at radius 2 is 1.28 bits per heavy atom. The molecule has 1 nitrogen and oxygen atoms in total. The summed E-state index contributed by atoms with van der Waals surface area (Å²) >= 11 is 0. The van der Waals surface area contributed by atoms with Crippen LogP contribution in [0.15, 0.2) is 25.3 Å². The van der Waals surface area contributed by atoms with Crippen LogP contribution < -0.4 is 0 Å². The summed E-state index contributed by atoms with van der Waals surface area (Å²) in [5.74, 6) is 0. The Kier molecular flexibility index (Phi) is 13.2. The van der Waals surface area contributed by atoms with Crippen LogP contribution in [0.2, 0.25) is 0 Å². The third-order valence-electron chi connectivity index (χ3n) is 3.12. The number of unbranched alkanes of at least 4 members (excludes halogenated alkanes) is 4. The summed E-state index contributed by atoms with van der Waals surface area (Å²) in [7, 11) is 0.0318. The Morgan fingerprint density at radius 3 is 1.61 bits per heavy atom. The van der Waals surface area contributed by atoms with Crippen LogP contribution in [0.1, 0.15) is 52.4 Å². The fourth-order valence-electron chi connectivity index (χ4n) is 2.09. The zero-order valence-electron chi connectivity index (χ0n) is 12.5. The van der Waals surface area contributed by atoms with Gasteiger partial charge in [-0.15, -0.1) is 13.2 Å². The maximum atomic E-state index is 3.89. The molecule has 0 N–H and O–H groups in total. The summed E-state index contributed by atoms with van der Waals surface area (Å²) in [6.45, 7) is 14.4. The first-order valence-corrected chi connectivity index (χ1v) is 9.18. The van der Waals surface area contributed by atoms with Crippen molar-refractivity contribution >= 4 is 8.07 Å². The molecule has 106 valence electrons. The maximum absolute atomic E-state index is 3.89. The quantitative estimate of drug-likeness (QED) is 0.244. The van der Waals surface area contributed by atoms with Gasteiger partial charge in [-0.05, 0) is 33.2 Å². The monoisotopic (exact) mass is 269 g/mol. The van der Waals surface area contributed by atoms with Crippen LogP contribution in [0.5, 0.6) is 0 Å². The lowest BCUT2D eigenvalue weighted by Crippen LogP contribution is -2.21. The lowest BCUT2D eigenvalue weighted by Gasteiger charge is -2.30. The molecule has 0 aromatic heterocycles. The van der Waals surface area contributed by atoms with E-state index in [9.17, 15) is 0 Å². The van der Waals surface area contributed by atoms with E-state index in [0.717, 1.165) is 13.1 Å². The summed E-state index contributed by atoms with van der Waals surface area (Å²) in [6, 6.07) is 0. The minimum Gasteiger partial charge on any atom is -0.274 e. The van der Waals surface area contributed by atoms with Gasteiger partial charge in [0.2, 0.25) is 0 Å². The SMILES string of the molecule is C=CCN(CC=C)P(CCCCC)CCCCC. The molecule has 0 atom stereocenters. The van der Waals surface area contributed by atoms with Crippen molar-refractivity contribution < 1.29 is 0 Å². The van der Waals surface area contributed by atoms with E-state index >= 15 is 0 Å². The second-order valence-electron chi connectivity index (χ2n) is 4.82. The Balaban J connectivity index is 4.26. The largest absolute Gasteiger partial charge is 0.274 e. The van der Waals surface area contributed by atoms with Gasteiger partial charge in [0.25, 0.3) is 0 Å². The highest BCUT2D eigenvalue weighted by molar-refractivity contribution is 7.55. The Morgan fingerprint density at radius 1 is 0.833 bits per heavy atom. The van der Waals surface area contributed by atoms with Crippen LogP contribution in [0.3, 0.4) is 0 Å². The highest BCUT2D eigenvalue weighted by Crippen LogP contribution is 2.42. The predicted octanol–water partition coefficient (Wildman–Crippen LogP) is 5.44. The molecule has 0 heterocycles. The van der Waals surface area contributed by atoms with E-state index in [-0.39, 0.29) is 8.07 Å². The molecule has 0 radical (unpaired) electrons. The van der Waals surface area contributed by atoms with E-state index in [0.29, 0.717) is 0 Å². The molecular formula is C16H32NP. The lowest BCUT2D eigenvalue weighted by molar-refractivity contribution is 0.551. The fourth-order valence-corrected chi connectivity index (χ4v) is 4.75. The van der Waals surface area contributed by atoms with Crippen LogP contribution in [-0.2, 0) is 0 Å². The van der Waals surface area contributed by atoms with Crippen LogP contribution in [0.4, 0.5) is 0 Å². The highest BCUT2D eigenvalue weighted by atomic mass is 31.1. The maximum Gasteiger partial charge on any atom is 0.0202 e. The van der Waals surface area contributed by atoms with Gasteiger partial charge in [0, 0.05) is 13.1 Å². The second kappa shape index (κ2) is 13.3. The topological polar surface area (TPSA) is 3.24 Å². The van der Waals surface area contributed by atoms with E-state index in [1.165, 1.54) is 50.8 Å². The molecule has 0 aromatic carbocycles. The zero-order chi connectivity index (χ0) is 13.6. The first-order valence-electron chi connectivity index (χ1n) is 7.51. The van der Waals surface area contributed by atoms with Gasteiger partial charge < -0.3 is 0 Å². The van der Waals surface area contributed by atoms with Crippen molar-refractivity contribution in [2.45, 2.75) is 52.4 Å². The third kappa shape index (κ3) is 8.89. The third-order valence-corrected chi connectivity index (χ3v) is 5.91.